The minimum atomic E-state index is 0.760. The lowest BCUT2D eigenvalue weighted by Gasteiger charge is -2.00. The largest absolute Gasteiger partial charge is 0.323 e. The fourth-order valence-corrected chi connectivity index (χ4v) is 1.63. The highest BCUT2D eigenvalue weighted by atomic mass is 79.9. The normalized spacial score (nSPS) is 12.3. The molecule has 2 aromatic heterocycles. The summed E-state index contributed by atoms with van der Waals surface area (Å²) in [4.78, 5) is 4.23. The Balaban J connectivity index is 2.73. The molecule has 0 saturated heterocycles. The Labute approximate surface area is 89.6 Å². The number of nitrogens with two attached hydrogens (primary N) is 1. The summed E-state index contributed by atoms with van der Waals surface area (Å²) in [7, 11) is 0. The summed E-state index contributed by atoms with van der Waals surface area (Å²) in [6.45, 7) is 1.85. The van der Waals surface area contributed by atoms with Gasteiger partial charge in [-0.1, -0.05) is 0 Å². The number of rotatable bonds is 1. The maximum absolute atomic E-state index is 5.23. The van der Waals surface area contributed by atoms with Crippen LogP contribution in [-0.2, 0) is 0 Å². The molecule has 0 unspecified atom stereocenters. The van der Waals surface area contributed by atoms with Crippen LogP contribution in [0.15, 0.2) is 34.1 Å². The summed E-state index contributed by atoms with van der Waals surface area (Å²) in [6, 6.07) is 3.87. The number of imidazole rings is 1. The molecule has 0 radical (unpaired) electrons. The molecule has 2 heterocycles. The smallest absolute Gasteiger partial charge is 0.137 e. The lowest BCUT2D eigenvalue weighted by Crippen LogP contribution is -2.02. The SMILES string of the molecule is C/C(=N/N)c1cnc2ccc(Br)cn12. The van der Waals surface area contributed by atoms with Gasteiger partial charge >= 0.3 is 0 Å². The number of halogens is 1. The summed E-state index contributed by atoms with van der Waals surface area (Å²) in [5.41, 5.74) is 2.55. The maximum atomic E-state index is 5.23. The van der Waals surface area contributed by atoms with E-state index in [0.717, 1.165) is 21.5 Å². The van der Waals surface area contributed by atoms with Gasteiger partial charge in [0.15, 0.2) is 0 Å². The van der Waals surface area contributed by atoms with E-state index in [2.05, 4.69) is 26.0 Å². The lowest BCUT2D eigenvalue weighted by atomic mass is 10.3. The Morgan fingerprint density at radius 2 is 2.36 bits per heavy atom. The lowest BCUT2D eigenvalue weighted by molar-refractivity contribution is 1.13. The number of hydrazone groups is 1. The van der Waals surface area contributed by atoms with Crippen molar-refractivity contribution in [3.63, 3.8) is 0 Å². The van der Waals surface area contributed by atoms with E-state index in [0.29, 0.717) is 0 Å². The van der Waals surface area contributed by atoms with E-state index in [4.69, 9.17) is 5.84 Å². The van der Waals surface area contributed by atoms with Crippen molar-refractivity contribution in [1.82, 2.24) is 9.38 Å². The van der Waals surface area contributed by atoms with Gasteiger partial charge in [-0.2, -0.15) is 5.10 Å². The van der Waals surface area contributed by atoms with Crippen molar-refractivity contribution < 1.29 is 0 Å². The van der Waals surface area contributed by atoms with Crippen LogP contribution in [0.1, 0.15) is 12.6 Å². The first-order valence-corrected chi connectivity index (χ1v) is 4.89. The van der Waals surface area contributed by atoms with Crippen molar-refractivity contribution in [2.75, 3.05) is 0 Å². The highest BCUT2D eigenvalue weighted by Crippen LogP contribution is 2.13. The van der Waals surface area contributed by atoms with Crippen LogP contribution in [0.5, 0.6) is 0 Å². The van der Waals surface area contributed by atoms with Crippen LogP contribution in [0.4, 0.5) is 0 Å². The quantitative estimate of drug-likeness (QED) is 0.478. The van der Waals surface area contributed by atoms with Crippen LogP contribution in [0.25, 0.3) is 5.65 Å². The number of hydrogen-bond acceptors (Lipinski definition) is 3. The molecule has 0 aliphatic rings. The van der Waals surface area contributed by atoms with Crippen molar-refractivity contribution in [2.24, 2.45) is 10.9 Å². The Kier molecular flexibility index (Phi) is 2.25. The van der Waals surface area contributed by atoms with Crippen molar-refractivity contribution >= 4 is 27.3 Å². The van der Waals surface area contributed by atoms with Crippen LogP contribution < -0.4 is 5.84 Å². The summed E-state index contributed by atoms with van der Waals surface area (Å²) >= 11 is 3.40. The Hall–Kier alpha value is -1.36. The molecule has 0 spiro atoms. The molecule has 2 aromatic rings. The number of fused-ring (bicyclic) bond motifs is 1. The van der Waals surface area contributed by atoms with Crippen molar-refractivity contribution in [3.8, 4) is 0 Å². The first-order valence-electron chi connectivity index (χ1n) is 4.10. The van der Waals surface area contributed by atoms with Gasteiger partial charge in [-0.05, 0) is 35.0 Å². The fraction of sp³-hybridized carbons (Fsp3) is 0.111. The highest BCUT2D eigenvalue weighted by Gasteiger charge is 2.05. The minimum Gasteiger partial charge on any atom is -0.323 e. The molecule has 72 valence electrons. The molecule has 0 atom stereocenters. The van der Waals surface area contributed by atoms with Gasteiger partial charge in [-0.15, -0.1) is 0 Å². The molecule has 0 bridgehead atoms. The first-order chi connectivity index (χ1) is 6.72. The van der Waals surface area contributed by atoms with Gasteiger partial charge in [0.1, 0.15) is 5.65 Å². The summed E-state index contributed by atoms with van der Waals surface area (Å²) in [5, 5.41) is 3.65. The molecule has 0 aliphatic carbocycles. The van der Waals surface area contributed by atoms with E-state index < -0.39 is 0 Å². The third-order valence-electron chi connectivity index (χ3n) is 2.03. The van der Waals surface area contributed by atoms with Gasteiger partial charge < -0.3 is 5.84 Å². The zero-order valence-electron chi connectivity index (χ0n) is 7.61. The van der Waals surface area contributed by atoms with Gasteiger partial charge in [0.2, 0.25) is 0 Å². The molecule has 4 nitrogen and oxygen atoms in total. The number of aromatic nitrogens is 2. The fourth-order valence-electron chi connectivity index (χ4n) is 1.29. The number of pyridine rings is 1. The Morgan fingerprint density at radius 3 is 3.07 bits per heavy atom. The molecule has 0 saturated carbocycles. The third-order valence-corrected chi connectivity index (χ3v) is 2.50. The highest BCUT2D eigenvalue weighted by molar-refractivity contribution is 9.10. The van der Waals surface area contributed by atoms with Crippen LogP contribution >= 0.6 is 15.9 Å². The molecule has 2 N–H and O–H groups in total. The molecule has 14 heavy (non-hydrogen) atoms. The van der Waals surface area contributed by atoms with Crippen molar-refractivity contribution in [2.45, 2.75) is 6.92 Å². The summed E-state index contributed by atoms with van der Waals surface area (Å²) < 4.78 is 2.93. The number of hydrogen-bond donors (Lipinski definition) is 1. The minimum absolute atomic E-state index is 0.760. The average Bonchev–Trinajstić information content (AvgIpc) is 2.59. The standard InChI is InChI=1S/C9H9BrN4/c1-6(13-11)8-4-12-9-3-2-7(10)5-14(8)9/h2-5H,11H2,1H3/b13-6-. The monoisotopic (exact) mass is 252 g/mol. The number of nitrogens with zero attached hydrogens (tertiary/aromatic N) is 3. The molecular weight excluding hydrogens is 244 g/mol. The predicted octanol–water partition coefficient (Wildman–Crippen LogP) is 1.78. The van der Waals surface area contributed by atoms with Crippen LogP contribution in [0.2, 0.25) is 0 Å². The van der Waals surface area contributed by atoms with Crippen LogP contribution in [0.3, 0.4) is 0 Å². The van der Waals surface area contributed by atoms with Crippen molar-refractivity contribution in [1.29, 1.82) is 0 Å². The van der Waals surface area contributed by atoms with E-state index in [9.17, 15) is 0 Å². The molecule has 5 heteroatoms. The molecule has 0 fully saturated rings. The van der Waals surface area contributed by atoms with Gasteiger partial charge in [-0.3, -0.25) is 4.40 Å². The van der Waals surface area contributed by atoms with Crippen molar-refractivity contribution in [3.05, 3.63) is 34.7 Å². The predicted molar refractivity (Wildman–Crippen MR) is 59.3 cm³/mol. The first kappa shape index (κ1) is 9.21. The van der Waals surface area contributed by atoms with Gasteiger partial charge in [0.05, 0.1) is 17.6 Å². The zero-order chi connectivity index (χ0) is 10.1. The van der Waals surface area contributed by atoms with Gasteiger partial charge in [0.25, 0.3) is 0 Å². The van der Waals surface area contributed by atoms with Crippen LogP contribution in [0, 0.1) is 0 Å². The Bertz CT molecular complexity index is 500. The average molecular weight is 253 g/mol. The molecule has 0 aliphatic heterocycles. The van der Waals surface area contributed by atoms with E-state index in [-0.39, 0.29) is 0 Å². The van der Waals surface area contributed by atoms with E-state index in [1.54, 1.807) is 6.20 Å². The molecule has 2 rings (SSSR count). The van der Waals surface area contributed by atoms with E-state index in [1.807, 2.05) is 29.7 Å². The zero-order valence-corrected chi connectivity index (χ0v) is 9.19. The molecule has 0 aromatic carbocycles. The van der Waals surface area contributed by atoms with Gasteiger partial charge in [-0.25, -0.2) is 4.98 Å². The molecular formula is C9H9BrN4. The second kappa shape index (κ2) is 3.42. The van der Waals surface area contributed by atoms with E-state index >= 15 is 0 Å². The summed E-state index contributed by atoms with van der Waals surface area (Å²) in [5.74, 6) is 5.23. The van der Waals surface area contributed by atoms with Gasteiger partial charge in [0, 0.05) is 10.7 Å². The Morgan fingerprint density at radius 1 is 1.57 bits per heavy atom. The van der Waals surface area contributed by atoms with Crippen LogP contribution in [-0.4, -0.2) is 15.1 Å². The second-order valence-corrected chi connectivity index (χ2v) is 3.85. The molecule has 0 amide bonds. The topological polar surface area (TPSA) is 55.7 Å². The second-order valence-electron chi connectivity index (χ2n) is 2.93. The summed E-state index contributed by atoms with van der Waals surface area (Å²) in [6.07, 6.45) is 3.69. The van der Waals surface area contributed by atoms with E-state index in [1.165, 1.54) is 0 Å². The third kappa shape index (κ3) is 1.39. The maximum Gasteiger partial charge on any atom is 0.137 e.